The minimum Gasteiger partial charge on any atom is -0.497 e. The van der Waals surface area contributed by atoms with E-state index in [1.54, 1.807) is 24.3 Å². The lowest BCUT2D eigenvalue weighted by Gasteiger charge is -2.31. The van der Waals surface area contributed by atoms with Crippen LogP contribution in [-0.4, -0.2) is 52.1 Å². The van der Waals surface area contributed by atoms with Crippen LogP contribution in [-0.2, 0) is 11.3 Å². The van der Waals surface area contributed by atoms with Gasteiger partial charge < -0.3 is 15.0 Å². The predicted molar refractivity (Wildman–Crippen MR) is 115 cm³/mol. The maximum Gasteiger partial charge on any atom is 0.271 e. The lowest BCUT2D eigenvalue weighted by molar-refractivity contribution is -0.126. The number of nitrogens with one attached hydrogen (secondary N) is 2. The maximum absolute atomic E-state index is 13.0. The van der Waals surface area contributed by atoms with Crippen LogP contribution in [0.3, 0.4) is 0 Å². The predicted octanol–water partition coefficient (Wildman–Crippen LogP) is 2.65. The third-order valence-corrected chi connectivity index (χ3v) is 5.42. The van der Waals surface area contributed by atoms with Crippen molar-refractivity contribution in [3.05, 3.63) is 66.0 Å². The van der Waals surface area contributed by atoms with Gasteiger partial charge in [0.2, 0.25) is 5.91 Å². The summed E-state index contributed by atoms with van der Waals surface area (Å²) in [5.74, 6) is 0.325. The number of likely N-dealkylation sites (tertiary alicyclic amines) is 1. The molecule has 0 bridgehead atoms. The van der Waals surface area contributed by atoms with Gasteiger partial charge in [0.15, 0.2) is 0 Å². The first-order valence-electron chi connectivity index (χ1n) is 10.3. The molecular weight excluding hydrogens is 394 g/mol. The number of piperidine rings is 1. The number of benzene rings is 1. The average Bonchev–Trinajstić information content (AvgIpc) is 3.33. The van der Waals surface area contributed by atoms with E-state index in [4.69, 9.17) is 4.74 Å². The minimum absolute atomic E-state index is 0.0425. The van der Waals surface area contributed by atoms with Crippen LogP contribution in [0, 0.1) is 5.92 Å². The first-order chi connectivity index (χ1) is 15.1. The number of ether oxygens (including phenoxy) is 1. The van der Waals surface area contributed by atoms with Crippen molar-refractivity contribution in [2.45, 2.75) is 19.4 Å². The topological polar surface area (TPSA) is 100 Å². The highest BCUT2D eigenvalue weighted by molar-refractivity contribution is 5.93. The van der Waals surface area contributed by atoms with E-state index < -0.39 is 0 Å². The molecule has 31 heavy (non-hydrogen) atoms. The molecule has 0 spiro atoms. The fourth-order valence-electron chi connectivity index (χ4n) is 3.74. The summed E-state index contributed by atoms with van der Waals surface area (Å²) in [6.45, 7) is 1.44. The number of aromatic amines is 1. The van der Waals surface area contributed by atoms with Crippen molar-refractivity contribution in [3.8, 4) is 17.1 Å². The lowest BCUT2D eigenvalue weighted by Crippen LogP contribution is -2.45. The Labute approximate surface area is 180 Å². The summed E-state index contributed by atoms with van der Waals surface area (Å²) in [7, 11) is 1.62. The van der Waals surface area contributed by atoms with Crippen molar-refractivity contribution in [1.82, 2.24) is 25.4 Å². The highest BCUT2D eigenvalue weighted by atomic mass is 16.5. The number of H-pyrrole nitrogens is 1. The monoisotopic (exact) mass is 419 g/mol. The number of pyridine rings is 1. The lowest BCUT2D eigenvalue weighted by atomic mass is 9.96. The molecule has 8 heteroatoms. The van der Waals surface area contributed by atoms with Crippen molar-refractivity contribution < 1.29 is 14.3 Å². The molecule has 8 nitrogen and oxygen atoms in total. The van der Waals surface area contributed by atoms with E-state index in [9.17, 15) is 9.59 Å². The average molecular weight is 419 g/mol. The van der Waals surface area contributed by atoms with E-state index in [2.05, 4.69) is 20.5 Å². The molecule has 0 unspecified atom stereocenters. The normalized spacial score (nSPS) is 16.0. The largest absolute Gasteiger partial charge is 0.497 e. The molecule has 0 aliphatic carbocycles. The molecular formula is C23H25N5O3. The fourth-order valence-corrected chi connectivity index (χ4v) is 3.74. The van der Waals surface area contributed by atoms with Gasteiger partial charge in [-0.15, -0.1) is 0 Å². The zero-order valence-electron chi connectivity index (χ0n) is 17.4. The second-order valence-corrected chi connectivity index (χ2v) is 7.54. The maximum atomic E-state index is 13.0. The van der Waals surface area contributed by atoms with Gasteiger partial charge in [-0.3, -0.25) is 19.7 Å². The van der Waals surface area contributed by atoms with Crippen molar-refractivity contribution >= 4 is 11.8 Å². The van der Waals surface area contributed by atoms with E-state index in [0.717, 1.165) is 24.2 Å². The number of carbonyl (C=O) groups excluding carboxylic acids is 2. The summed E-state index contributed by atoms with van der Waals surface area (Å²) in [4.78, 5) is 31.6. The first-order valence-corrected chi connectivity index (χ1v) is 10.3. The molecule has 3 heterocycles. The summed E-state index contributed by atoms with van der Waals surface area (Å²) >= 11 is 0. The molecule has 0 radical (unpaired) electrons. The Kier molecular flexibility index (Phi) is 6.26. The smallest absolute Gasteiger partial charge is 0.271 e. The Morgan fingerprint density at radius 1 is 1.19 bits per heavy atom. The van der Waals surface area contributed by atoms with Gasteiger partial charge >= 0.3 is 0 Å². The number of nitrogens with zero attached hydrogens (tertiary/aromatic N) is 3. The molecule has 3 aromatic rings. The Bertz CT molecular complexity index is 1050. The molecule has 1 atom stereocenters. The highest BCUT2D eigenvalue weighted by Crippen LogP contribution is 2.21. The second-order valence-electron chi connectivity index (χ2n) is 7.54. The van der Waals surface area contributed by atoms with Crippen LogP contribution in [0.15, 0.2) is 54.7 Å². The Balaban J connectivity index is 1.36. The van der Waals surface area contributed by atoms with E-state index in [1.807, 2.05) is 42.5 Å². The van der Waals surface area contributed by atoms with Gasteiger partial charge in [0.25, 0.3) is 5.91 Å². The number of hydrogen-bond acceptors (Lipinski definition) is 5. The first kappa shape index (κ1) is 20.6. The van der Waals surface area contributed by atoms with Gasteiger partial charge in [-0.25, -0.2) is 0 Å². The number of hydrogen-bond donors (Lipinski definition) is 2. The molecule has 2 aromatic heterocycles. The molecule has 1 aliphatic rings. The zero-order valence-corrected chi connectivity index (χ0v) is 17.4. The molecule has 2 N–H and O–H groups in total. The molecule has 0 saturated carbocycles. The van der Waals surface area contributed by atoms with Gasteiger partial charge in [-0.05, 0) is 48.7 Å². The molecule has 160 valence electrons. The van der Waals surface area contributed by atoms with E-state index in [0.29, 0.717) is 36.7 Å². The van der Waals surface area contributed by atoms with Crippen molar-refractivity contribution in [3.63, 3.8) is 0 Å². The van der Waals surface area contributed by atoms with Gasteiger partial charge in [0, 0.05) is 25.8 Å². The summed E-state index contributed by atoms with van der Waals surface area (Å²) in [6, 6.07) is 14.8. The summed E-state index contributed by atoms with van der Waals surface area (Å²) in [5, 5.41) is 10.0. The Morgan fingerprint density at radius 2 is 2.10 bits per heavy atom. The highest BCUT2D eigenvalue weighted by Gasteiger charge is 2.29. The molecule has 2 amide bonds. The minimum atomic E-state index is -0.235. The van der Waals surface area contributed by atoms with E-state index >= 15 is 0 Å². The van der Waals surface area contributed by atoms with Crippen LogP contribution < -0.4 is 10.1 Å². The Morgan fingerprint density at radius 3 is 2.90 bits per heavy atom. The summed E-state index contributed by atoms with van der Waals surface area (Å²) in [6.07, 6.45) is 3.23. The van der Waals surface area contributed by atoms with Gasteiger partial charge in [0.1, 0.15) is 17.1 Å². The number of amides is 2. The summed E-state index contributed by atoms with van der Waals surface area (Å²) < 4.78 is 5.22. The van der Waals surface area contributed by atoms with E-state index in [1.165, 1.54) is 0 Å². The number of methoxy groups -OCH3 is 1. The summed E-state index contributed by atoms with van der Waals surface area (Å²) in [5.41, 5.74) is 2.69. The van der Waals surface area contributed by atoms with Crippen LogP contribution in [0.4, 0.5) is 0 Å². The number of rotatable bonds is 6. The molecule has 4 rings (SSSR count). The quantitative estimate of drug-likeness (QED) is 0.640. The number of carbonyl (C=O) groups is 2. The SMILES string of the molecule is COc1cccc(CNC(=O)[C@H]2CCCN(C(=O)c3cc(-c4ccccn4)n[nH]3)C2)c1. The Hall–Kier alpha value is -3.68. The van der Waals surface area contributed by atoms with Crippen molar-refractivity contribution in [2.24, 2.45) is 5.92 Å². The van der Waals surface area contributed by atoms with Crippen LogP contribution in [0.1, 0.15) is 28.9 Å². The van der Waals surface area contributed by atoms with Crippen LogP contribution in [0.2, 0.25) is 0 Å². The third-order valence-electron chi connectivity index (χ3n) is 5.42. The standard InChI is InChI=1S/C23H25N5O3/c1-31-18-8-4-6-16(12-18)14-25-22(29)17-7-5-11-28(15-17)23(30)21-13-20(26-27-21)19-9-2-3-10-24-19/h2-4,6,8-10,12-13,17H,5,7,11,14-15H2,1H3,(H,25,29)(H,26,27)/t17-/m0/s1. The second kappa shape index (κ2) is 9.42. The molecule has 1 fully saturated rings. The van der Waals surface area contributed by atoms with Gasteiger partial charge in [-0.2, -0.15) is 5.10 Å². The molecule has 1 aromatic carbocycles. The van der Waals surface area contributed by atoms with Crippen LogP contribution in [0.5, 0.6) is 5.75 Å². The fraction of sp³-hybridized carbons (Fsp3) is 0.304. The molecule has 1 saturated heterocycles. The van der Waals surface area contributed by atoms with Crippen LogP contribution in [0.25, 0.3) is 11.4 Å². The third kappa shape index (κ3) is 4.91. The van der Waals surface area contributed by atoms with Crippen molar-refractivity contribution in [2.75, 3.05) is 20.2 Å². The van der Waals surface area contributed by atoms with E-state index in [-0.39, 0.29) is 17.7 Å². The zero-order chi connectivity index (χ0) is 21.6. The molecule has 1 aliphatic heterocycles. The van der Waals surface area contributed by atoms with Gasteiger partial charge in [0.05, 0.1) is 18.7 Å². The van der Waals surface area contributed by atoms with Crippen LogP contribution >= 0.6 is 0 Å². The number of aromatic nitrogens is 3. The van der Waals surface area contributed by atoms with Gasteiger partial charge in [-0.1, -0.05) is 18.2 Å². The van der Waals surface area contributed by atoms with Crippen molar-refractivity contribution in [1.29, 1.82) is 0 Å².